The van der Waals surface area contributed by atoms with Gasteiger partial charge in [0.05, 0.1) is 0 Å². The second-order valence-electron chi connectivity index (χ2n) is 7.51. The SMILES string of the molecule is Cc1cc2oc(=O)cc(COC(=O)c3cc4c(s3)CC[C@@H](C)C4)c2cc1C. The van der Waals surface area contributed by atoms with E-state index in [1.54, 1.807) is 0 Å². The Balaban J connectivity index is 1.57. The Hall–Kier alpha value is -2.40. The van der Waals surface area contributed by atoms with Gasteiger partial charge in [-0.15, -0.1) is 11.3 Å². The summed E-state index contributed by atoms with van der Waals surface area (Å²) >= 11 is 1.54. The van der Waals surface area contributed by atoms with Crippen LogP contribution in [0.3, 0.4) is 0 Å². The first-order chi connectivity index (χ1) is 12.9. The number of thiophene rings is 1. The Morgan fingerprint density at radius 2 is 2.00 bits per heavy atom. The number of aryl methyl sites for hydroxylation is 3. The van der Waals surface area contributed by atoms with Crippen LogP contribution in [0.4, 0.5) is 0 Å². The van der Waals surface area contributed by atoms with Crippen LogP contribution in [0.2, 0.25) is 0 Å². The van der Waals surface area contributed by atoms with Crippen molar-refractivity contribution in [2.75, 3.05) is 0 Å². The quantitative estimate of drug-likeness (QED) is 0.475. The lowest BCUT2D eigenvalue weighted by Crippen LogP contribution is -2.08. The van der Waals surface area contributed by atoms with Gasteiger partial charge in [-0.3, -0.25) is 0 Å². The van der Waals surface area contributed by atoms with E-state index in [-0.39, 0.29) is 12.6 Å². The van der Waals surface area contributed by atoms with Crippen molar-refractivity contribution in [2.45, 2.75) is 46.6 Å². The van der Waals surface area contributed by atoms with Gasteiger partial charge in [0.25, 0.3) is 0 Å². The highest BCUT2D eigenvalue weighted by atomic mass is 32.1. The Kier molecular flexibility index (Phi) is 4.64. The molecule has 2 heterocycles. The van der Waals surface area contributed by atoms with E-state index in [4.69, 9.17) is 9.15 Å². The van der Waals surface area contributed by atoms with Gasteiger partial charge in [0, 0.05) is 21.9 Å². The van der Waals surface area contributed by atoms with Gasteiger partial charge in [-0.2, -0.15) is 0 Å². The predicted molar refractivity (Wildman–Crippen MR) is 107 cm³/mol. The number of hydrogen-bond donors (Lipinski definition) is 0. The highest BCUT2D eigenvalue weighted by Crippen LogP contribution is 2.32. The Morgan fingerprint density at radius 1 is 1.22 bits per heavy atom. The standard InChI is InChI=1S/C22H22O4S/c1-12-4-5-19-15(6-12)9-20(27-19)22(24)25-11-16-10-21(23)26-18-8-14(3)13(2)7-17(16)18/h7-10,12H,4-6,11H2,1-3H3/t12-/m1/s1. The van der Waals surface area contributed by atoms with Gasteiger partial charge in [-0.1, -0.05) is 6.92 Å². The number of hydrogen-bond acceptors (Lipinski definition) is 5. The zero-order chi connectivity index (χ0) is 19.1. The third kappa shape index (κ3) is 3.56. The maximum Gasteiger partial charge on any atom is 0.348 e. The van der Waals surface area contributed by atoms with Crippen molar-refractivity contribution in [1.82, 2.24) is 0 Å². The fourth-order valence-corrected chi connectivity index (χ4v) is 4.73. The number of rotatable bonds is 3. The van der Waals surface area contributed by atoms with Gasteiger partial charge in [0.15, 0.2) is 0 Å². The van der Waals surface area contributed by atoms with Gasteiger partial charge in [-0.05, 0) is 73.9 Å². The van der Waals surface area contributed by atoms with Crippen LogP contribution in [-0.2, 0) is 24.2 Å². The molecule has 4 rings (SSSR count). The van der Waals surface area contributed by atoms with E-state index in [9.17, 15) is 9.59 Å². The number of esters is 1. The molecule has 3 aromatic rings. The fraction of sp³-hybridized carbons (Fsp3) is 0.364. The Bertz CT molecular complexity index is 1090. The van der Waals surface area contributed by atoms with Crippen LogP contribution < -0.4 is 5.63 Å². The monoisotopic (exact) mass is 382 g/mol. The predicted octanol–water partition coefficient (Wildman–Crippen LogP) is 4.95. The summed E-state index contributed by atoms with van der Waals surface area (Å²) in [5, 5.41) is 0.810. The largest absolute Gasteiger partial charge is 0.457 e. The second-order valence-corrected chi connectivity index (χ2v) is 8.64. The zero-order valence-corrected chi connectivity index (χ0v) is 16.6. The van der Waals surface area contributed by atoms with E-state index in [0.29, 0.717) is 21.9 Å². The third-order valence-corrected chi connectivity index (χ3v) is 6.55. The topological polar surface area (TPSA) is 56.5 Å². The molecule has 1 atom stereocenters. The molecule has 1 aliphatic rings. The highest BCUT2D eigenvalue weighted by Gasteiger charge is 2.21. The van der Waals surface area contributed by atoms with Crippen LogP contribution in [-0.4, -0.2) is 5.97 Å². The van der Waals surface area contributed by atoms with Crippen LogP contribution in [0, 0.1) is 19.8 Å². The zero-order valence-electron chi connectivity index (χ0n) is 15.8. The smallest absolute Gasteiger partial charge is 0.348 e. The maximum atomic E-state index is 12.5. The van der Waals surface area contributed by atoms with E-state index in [1.807, 2.05) is 32.0 Å². The molecule has 0 fully saturated rings. The number of benzene rings is 1. The van der Waals surface area contributed by atoms with Crippen molar-refractivity contribution in [3.8, 4) is 0 Å². The summed E-state index contributed by atoms with van der Waals surface area (Å²) in [7, 11) is 0. The van der Waals surface area contributed by atoms with Gasteiger partial charge in [0.2, 0.25) is 0 Å². The lowest BCUT2D eigenvalue weighted by Gasteiger charge is -2.16. The minimum absolute atomic E-state index is 0.0579. The first-order valence-corrected chi connectivity index (χ1v) is 10.0. The number of ether oxygens (including phenoxy) is 1. The lowest BCUT2D eigenvalue weighted by atomic mass is 9.90. The lowest BCUT2D eigenvalue weighted by molar-refractivity contribution is 0.0479. The van der Waals surface area contributed by atoms with Gasteiger partial charge < -0.3 is 9.15 Å². The number of carbonyl (C=O) groups is 1. The van der Waals surface area contributed by atoms with Crippen molar-refractivity contribution in [3.05, 3.63) is 66.7 Å². The molecule has 0 radical (unpaired) electrons. The maximum absolute atomic E-state index is 12.5. The van der Waals surface area contributed by atoms with Gasteiger partial charge >= 0.3 is 11.6 Å². The first kappa shape index (κ1) is 18.0. The van der Waals surface area contributed by atoms with Crippen LogP contribution >= 0.6 is 11.3 Å². The molecule has 0 saturated heterocycles. The summed E-state index contributed by atoms with van der Waals surface area (Å²) in [4.78, 5) is 26.4. The van der Waals surface area contributed by atoms with E-state index in [2.05, 4.69) is 6.92 Å². The van der Waals surface area contributed by atoms with Gasteiger partial charge in [0.1, 0.15) is 17.1 Å². The molecule has 0 spiro atoms. The minimum atomic E-state index is -0.433. The molecular formula is C22H22O4S. The molecule has 4 nitrogen and oxygen atoms in total. The Morgan fingerprint density at radius 3 is 2.81 bits per heavy atom. The molecule has 2 aromatic heterocycles. The number of carbonyl (C=O) groups excluding carboxylic acids is 1. The molecule has 1 aromatic carbocycles. The van der Waals surface area contributed by atoms with E-state index < -0.39 is 5.63 Å². The van der Waals surface area contributed by atoms with Crippen molar-refractivity contribution in [2.24, 2.45) is 5.92 Å². The molecule has 0 amide bonds. The van der Waals surface area contributed by atoms with Crippen LogP contribution in [0.15, 0.2) is 33.5 Å². The molecular weight excluding hydrogens is 360 g/mol. The molecule has 0 saturated carbocycles. The van der Waals surface area contributed by atoms with E-state index in [0.717, 1.165) is 29.4 Å². The average Bonchev–Trinajstić information content (AvgIpc) is 3.04. The third-order valence-electron chi connectivity index (χ3n) is 5.33. The molecule has 5 heteroatoms. The average molecular weight is 382 g/mol. The van der Waals surface area contributed by atoms with Crippen LogP contribution in [0.1, 0.15) is 50.1 Å². The van der Waals surface area contributed by atoms with Crippen LogP contribution in [0.25, 0.3) is 11.0 Å². The van der Waals surface area contributed by atoms with E-state index >= 15 is 0 Å². The van der Waals surface area contributed by atoms with E-state index in [1.165, 1.54) is 34.3 Å². The summed E-state index contributed by atoms with van der Waals surface area (Å²) in [6.07, 6.45) is 3.24. The minimum Gasteiger partial charge on any atom is -0.457 e. The number of fused-ring (bicyclic) bond motifs is 2. The first-order valence-electron chi connectivity index (χ1n) is 9.23. The molecule has 0 aliphatic heterocycles. The van der Waals surface area contributed by atoms with Gasteiger partial charge in [-0.25, -0.2) is 9.59 Å². The molecule has 0 N–H and O–H groups in total. The molecule has 140 valence electrons. The second kappa shape index (κ2) is 6.97. The molecule has 1 aliphatic carbocycles. The van der Waals surface area contributed by atoms with Crippen molar-refractivity contribution in [1.29, 1.82) is 0 Å². The van der Waals surface area contributed by atoms with Crippen molar-refractivity contribution in [3.63, 3.8) is 0 Å². The van der Waals surface area contributed by atoms with Crippen LogP contribution in [0.5, 0.6) is 0 Å². The van der Waals surface area contributed by atoms with Crippen molar-refractivity contribution >= 4 is 28.3 Å². The fourth-order valence-electron chi connectivity index (χ4n) is 3.62. The summed E-state index contributed by atoms with van der Waals surface area (Å²) in [5.74, 6) is 0.338. The molecule has 27 heavy (non-hydrogen) atoms. The molecule has 0 bridgehead atoms. The summed E-state index contributed by atoms with van der Waals surface area (Å²) in [5.41, 5.74) is 4.20. The summed E-state index contributed by atoms with van der Waals surface area (Å²) < 4.78 is 10.8. The Labute approximate surface area is 161 Å². The normalized spacial score (nSPS) is 16.3. The molecule has 0 unspecified atom stereocenters. The summed E-state index contributed by atoms with van der Waals surface area (Å²) in [6, 6.07) is 7.21. The summed E-state index contributed by atoms with van der Waals surface area (Å²) in [6.45, 7) is 6.28. The van der Waals surface area contributed by atoms with Crippen molar-refractivity contribution < 1.29 is 13.9 Å². The highest BCUT2D eigenvalue weighted by molar-refractivity contribution is 7.14.